The number of aliphatic hydroxyl groups excluding tert-OH is 1. The van der Waals surface area contributed by atoms with Gasteiger partial charge in [0.05, 0.1) is 22.6 Å². The molecule has 0 amide bonds. The SMILES string of the molecule is CSc1cc(S(=O)(=O)NC(CO)C(C(F)(F)F)C(F)(F)F)ccc1Cl. The Morgan fingerprint density at radius 1 is 1.20 bits per heavy atom. The fraction of sp³-hybridized carbons (Fsp3) is 0.500. The standard InChI is InChI=1S/C12H12ClF6NO3S2/c1-24-9-4-6(2-3-7(9)13)25(22,23)20-8(5-21)10(11(14,15)16)12(17,18)19/h2-4,8,10,20-21H,5H2,1H3. The molecule has 0 aliphatic rings. The number of benzene rings is 1. The Bertz CT molecular complexity index is 694. The molecule has 2 N–H and O–H groups in total. The number of thioether (sulfide) groups is 1. The summed E-state index contributed by atoms with van der Waals surface area (Å²) in [7, 11) is -4.77. The lowest BCUT2D eigenvalue weighted by Gasteiger charge is -2.29. The number of hydrogen-bond acceptors (Lipinski definition) is 4. The van der Waals surface area contributed by atoms with Crippen LogP contribution in [0.3, 0.4) is 0 Å². The average molecular weight is 432 g/mol. The molecule has 4 nitrogen and oxygen atoms in total. The fourth-order valence-electron chi connectivity index (χ4n) is 1.93. The van der Waals surface area contributed by atoms with Crippen molar-refractivity contribution in [3.8, 4) is 0 Å². The summed E-state index contributed by atoms with van der Waals surface area (Å²) < 4.78 is 102. The highest BCUT2D eigenvalue weighted by Gasteiger charge is 2.60. The largest absolute Gasteiger partial charge is 0.402 e. The molecule has 0 heterocycles. The summed E-state index contributed by atoms with van der Waals surface area (Å²) in [5, 5.41) is 9.09. The third-order valence-electron chi connectivity index (χ3n) is 3.04. The number of halogens is 7. The molecule has 1 atom stereocenters. The van der Waals surface area contributed by atoms with Crippen LogP contribution in [0.15, 0.2) is 28.0 Å². The molecule has 0 spiro atoms. The topological polar surface area (TPSA) is 66.4 Å². The van der Waals surface area contributed by atoms with Crippen LogP contribution in [-0.4, -0.2) is 44.8 Å². The molecule has 0 fully saturated rings. The Morgan fingerprint density at radius 2 is 1.72 bits per heavy atom. The van der Waals surface area contributed by atoms with Crippen molar-refractivity contribution in [2.45, 2.75) is 28.2 Å². The summed E-state index contributed by atoms with van der Waals surface area (Å²) in [4.78, 5) is -0.323. The fourth-order valence-corrected chi connectivity index (χ4v) is 4.12. The molecule has 0 aliphatic carbocycles. The van der Waals surface area contributed by atoms with Crippen molar-refractivity contribution in [1.82, 2.24) is 4.72 Å². The number of rotatable bonds is 6. The molecular formula is C12H12ClF6NO3S2. The number of sulfonamides is 1. The van der Waals surface area contributed by atoms with Crippen LogP contribution in [0.5, 0.6) is 0 Å². The van der Waals surface area contributed by atoms with Crippen LogP contribution in [0.25, 0.3) is 0 Å². The predicted molar refractivity (Wildman–Crippen MR) is 80.0 cm³/mol. The molecule has 0 bridgehead atoms. The minimum Gasteiger partial charge on any atom is -0.395 e. The lowest BCUT2D eigenvalue weighted by molar-refractivity contribution is -0.292. The van der Waals surface area contributed by atoms with Gasteiger partial charge < -0.3 is 5.11 Å². The number of hydrogen-bond donors (Lipinski definition) is 2. The van der Waals surface area contributed by atoms with Crippen molar-refractivity contribution in [1.29, 1.82) is 0 Å². The molecule has 0 radical (unpaired) electrons. The zero-order valence-corrected chi connectivity index (χ0v) is 14.7. The van der Waals surface area contributed by atoms with Crippen LogP contribution in [0.1, 0.15) is 0 Å². The minimum absolute atomic E-state index is 0.161. The summed E-state index contributed by atoms with van der Waals surface area (Å²) in [5.41, 5.74) is 0. The second-order valence-electron chi connectivity index (χ2n) is 4.77. The molecule has 0 saturated carbocycles. The van der Waals surface area contributed by atoms with E-state index >= 15 is 0 Å². The molecule has 144 valence electrons. The molecule has 1 unspecified atom stereocenters. The summed E-state index contributed by atoms with van der Waals surface area (Å²) >= 11 is 6.81. The first-order chi connectivity index (χ1) is 11.2. The van der Waals surface area contributed by atoms with Gasteiger partial charge in [0.15, 0.2) is 5.92 Å². The minimum atomic E-state index is -5.81. The van der Waals surface area contributed by atoms with Crippen molar-refractivity contribution in [2.24, 2.45) is 5.92 Å². The molecule has 0 aliphatic heterocycles. The highest BCUT2D eigenvalue weighted by atomic mass is 35.5. The van der Waals surface area contributed by atoms with Crippen molar-refractivity contribution in [3.05, 3.63) is 23.2 Å². The van der Waals surface area contributed by atoms with Crippen molar-refractivity contribution < 1.29 is 39.9 Å². The van der Waals surface area contributed by atoms with Gasteiger partial charge in [0.2, 0.25) is 10.0 Å². The first-order valence-corrected chi connectivity index (χ1v) is 9.42. The van der Waals surface area contributed by atoms with Crippen LogP contribution >= 0.6 is 23.4 Å². The Labute approximate surface area is 148 Å². The van der Waals surface area contributed by atoms with E-state index in [4.69, 9.17) is 16.7 Å². The molecular weight excluding hydrogens is 420 g/mol. The van der Waals surface area contributed by atoms with Crippen LogP contribution in [0.4, 0.5) is 26.3 Å². The lowest BCUT2D eigenvalue weighted by Crippen LogP contribution is -2.54. The van der Waals surface area contributed by atoms with Crippen LogP contribution < -0.4 is 4.72 Å². The maximum absolute atomic E-state index is 12.7. The van der Waals surface area contributed by atoms with E-state index < -0.39 is 45.8 Å². The summed E-state index contributed by atoms with van der Waals surface area (Å²) in [6, 6.07) is 0.231. The number of aliphatic hydroxyl groups is 1. The van der Waals surface area contributed by atoms with Gasteiger partial charge in [0.1, 0.15) is 0 Å². The van der Waals surface area contributed by atoms with Gasteiger partial charge >= 0.3 is 12.4 Å². The molecule has 1 aromatic rings. The highest BCUT2D eigenvalue weighted by molar-refractivity contribution is 7.98. The zero-order valence-electron chi connectivity index (χ0n) is 12.3. The second kappa shape index (κ2) is 7.91. The van der Waals surface area contributed by atoms with E-state index in [0.717, 1.165) is 30.0 Å². The maximum Gasteiger partial charge on any atom is 0.402 e. The van der Waals surface area contributed by atoms with Crippen LogP contribution in [0, 0.1) is 5.92 Å². The quantitative estimate of drug-likeness (QED) is 0.535. The molecule has 13 heteroatoms. The van der Waals surface area contributed by atoms with Gasteiger partial charge in [-0.25, -0.2) is 13.1 Å². The predicted octanol–water partition coefficient (Wildman–Crippen LogP) is 3.44. The van der Waals surface area contributed by atoms with E-state index in [1.165, 1.54) is 4.72 Å². The van der Waals surface area contributed by atoms with Gasteiger partial charge in [-0.15, -0.1) is 11.8 Å². The normalized spacial score (nSPS) is 14.8. The van der Waals surface area contributed by atoms with E-state index in [1.807, 2.05) is 0 Å². The Hall–Kier alpha value is -0.690. The second-order valence-corrected chi connectivity index (χ2v) is 7.74. The lowest BCUT2D eigenvalue weighted by atomic mass is 10.00. The Morgan fingerprint density at radius 3 is 2.12 bits per heavy atom. The molecule has 0 aromatic heterocycles. The van der Waals surface area contributed by atoms with Crippen molar-refractivity contribution in [2.75, 3.05) is 12.9 Å². The van der Waals surface area contributed by atoms with Crippen LogP contribution in [-0.2, 0) is 10.0 Å². The molecule has 0 saturated heterocycles. The monoisotopic (exact) mass is 431 g/mol. The van der Waals surface area contributed by atoms with Crippen LogP contribution in [0.2, 0.25) is 5.02 Å². The van der Waals surface area contributed by atoms with E-state index in [0.29, 0.717) is 0 Å². The van der Waals surface area contributed by atoms with Gasteiger partial charge in [-0.2, -0.15) is 26.3 Å². The highest BCUT2D eigenvalue weighted by Crippen LogP contribution is 2.41. The maximum atomic E-state index is 12.7. The number of nitrogens with one attached hydrogen (secondary N) is 1. The van der Waals surface area contributed by atoms with Gasteiger partial charge in [-0.3, -0.25) is 0 Å². The number of alkyl halides is 6. The summed E-state index contributed by atoms with van der Waals surface area (Å²) in [5.74, 6) is -4.06. The summed E-state index contributed by atoms with van der Waals surface area (Å²) in [6.07, 6.45) is -10.1. The zero-order chi connectivity index (χ0) is 19.6. The van der Waals surface area contributed by atoms with Crippen molar-refractivity contribution >= 4 is 33.4 Å². The van der Waals surface area contributed by atoms with Gasteiger partial charge in [0, 0.05) is 4.90 Å². The molecule has 25 heavy (non-hydrogen) atoms. The Kier molecular flexibility index (Phi) is 7.07. The Balaban J connectivity index is 3.26. The summed E-state index contributed by atoms with van der Waals surface area (Å²) in [6.45, 7) is -1.70. The first kappa shape index (κ1) is 22.4. The molecule has 1 aromatic carbocycles. The molecule has 1 rings (SSSR count). The first-order valence-electron chi connectivity index (χ1n) is 6.34. The van der Waals surface area contributed by atoms with E-state index in [2.05, 4.69) is 0 Å². The van der Waals surface area contributed by atoms with Gasteiger partial charge in [-0.05, 0) is 24.5 Å². The smallest absolute Gasteiger partial charge is 0.395 e. The van der Waals surface area contributed by atoms with Gasteiger partial charge in [0.25, 0.3) is 0 Å². The average Bonchev–Trinajstić information content (AvgIpc) is 2.43. The third-order valence-corrected chi connectivity index (χ3v) is 5.75. The van der Waals surface area contributed by atoms with E-state index in [1.54, 1.807) is 6.26 Å². The van der Waals surface area contributed by atoms with E-state index in [9.17, 15) is 34.8 Å². The van der Waals surface area contributed by atoms with E-state index in [-0.39, 0.29) is 9.92 Å². The van der Waals surface area contributed by atoms with Gasteiger partial charge in [-0.1, -0.05) is 11.6 Å². The third kappa shape index (κ3) is 5.64. The van der Waals surface area contributed by atoms with Crippen molar-refractivity contribution in [3.63, 3.8) is 0 Å².